The minimum absolute atomic E-state index is 0.146. The standard InChI is InChI=1S/C12H19N3O2/c1-3-17-12(6-4-5-7-12)10(16)8-11-13-9-14-15(11)2/h9H,3-8H2,1-2H3. The lowest BCUT2D eigenvalue weighted by molar-refractivity contribution is -0.143. The Morgan fingerprint density at radius 3 is 2.76 bits per heavy atom. The molecule has 0 saturated heterocycles. The van der Waals surface area contributed by atoms with E-state index in [1.807, 2.05) is 6.92 Å². The zero-order chi connectivity index (χ0) is 12.3. The van der Waals surface area contributed by atoms with Gasteiger partial charge in [0, 0.05) is 13.7 Å². The summed E-state index contributed by atoms with van der Waals surface area (Å²) in [6.07, 6.45) is 5.63. The second-order valence-electron chi connectivity index (χ2n) is 4.53. The van der Waals surface area contributed by atoms with Crippen LogP contribution in [0.25, 0.3) is 0 Å². The van der Waals surface area contributed by atoms with E-state index in [9.17, 15) is 4.79 Å². The third-order valence-electron chi connectivity index (χ3n) is 3.46. The Morgan fingerprint density at radius 1 is 1.53 bits per heavy atom. The van der Waals surface area contributed by atoms with Gasteiger partial charge in [0.25, 0.3) is 0 Å². The SMILES string of the molecule is CCOC1(C(=O)Cc2ncnn2C)CCCC1. The molecule has 0 unspecified atom stereocenters. The summed E-state index contributed by atoms with van der Waals surface area (Å²) >= 11 is 0. The highest BCUT2D eigenvalue weighted by molar-refractivity contribution is 5.89. The van der Waals surface area contributed by atoms with E-state index in [0.29, 0.717) is 18.9 Å². The summed E-state index contributed by atoms with van der Waals surface area (Å²) in [7, 11) is 1.80. The molecule has 2 rings (SSSR count). The Bertz CT molecular complexity index is 394. The molecule has 1 fully saturated rings. The summed E-state index contributed by atoms with van der Waals surface area (Å²) in [5, 5.41) is 3.98. The fourth-order valence-electron chi connectivity index (χ4n) is 2.51. The molecule has 5 heteroatoms. The third-order valence-corrected chi connectivity index (χ3v) is 3.46. The lowest BCUT2D eigenvalue weighted by Gasteiger charge is -2.27. The van der Waals surface area contributed by atoms with Crippen molar-refractivity contribution < 1.29 is 9.53 Å². The van der Waals surface area contributed by atoms with Gasteiger partial charge in [-0.05, 0) is 32.6 Å². The van der Waals surface area contributed by atoms with Crippen molar-refractivity contribution in [2.75, 3.05) is 6.61 Å². The Hall–Kier alpha value is -1.23. The lowest BCUT2D eigenvalue weighted by Crippen LogP contribution is -2.40. The van der Waals surface area contributed by atoms with Crippen molar-refractivity contribution in [2.45, 2.75) is 44.6 Å². The number of ketones is 1. The molecule has 1 heterocycles. The van der Waals surface area contributed by atoms with E-state index in [0.717, 1.165) is 25.7 Å². The first-order valence-electron chi connectivity index (χ1n) is 6.18. The predicted octanol–water partition coefficient (Wildman–Crippen LogP) is 1.28. The third kappa shape index (κ3) is 2.39. The number of nitrogens with zero attached hydrogens (tertiary/aromatic N) is 3. The molecule has 1 aliphatic rings. The molecule has 94 valence electrons. The van der Waals surface area contributed by atoms with Crippen molar-refractivity contribution in [1.29, 1.82) is 0 Å². The van der Waals surface area contributed by atoms with Crippen molar-refractivity contribution >= 4 is 5.78 Å². The quantitative estimate of drug-likeness (QED) is 0.774. The molecule has 0 aliphatic heterocycles. The smallest absolute Gasteiger partial charge is 0.172 e. The van der Waals surface area contributed by atoms with Gasteiger partial charge in [-0.25, -0.2) is 4.98 Å². The molecule has 1 aromatic rings. The average Bonchev–Trinajstić information content (AvgIpc) is 2.91. The second-order valence-corrected chi connectivity index (χ2v) is 4.53. The maximum Gasteiger partial charge on any atom is 0.172 e. The molecule has 0 amide bonds. The summed E-state index contributed by atoms with van der Waals surface area (Å²) in [5.74, 6) is 0.855. The van der Waals surface area contributed by atoms with Crippen molar-refractivity contribution in [3.8, 4) is 0 Å². The molecule has 1 saturated carbocycles. The van der Waals surface area contributed by atoms with Crippen LogP contribution in [0.3, 0.4) is 0 Å². The molecule has 0 aromatic carbocycles. The van der Waals surface area contributed by atoms with Crippen molar-refractivity contribution in [3.05, 3.63) is 12.2 Å². The Labute approximate surface area is 101 Å². The van der Waals surface area contributed by atoms with Crippen LogP contribution in [0.15, 0.2) is 6.33 Å². The molecule has 1 aliphatic carbocycles. The number of carbonyl (C=O) groups excluding carboxylic acids is 1. The minimum Gasteiger partial charge on any atom is -0.367 e. The first-order valence-corrected chi connectivity index (χ1v) is 6.18. The highest BCUT2D eigenvalue weighted by atomic mass is 16.5. The summed E-state index contributed by atoms with van der Waals surface area (Å²) < 4.78 is 7.38. The Morgan fingerprint density at radius 2 is 2.24 bits per heavy atom. The van der Waals surface area contributed by atoms with Crippen LogP contribution >= 0.6 is 0 Å². The van der Waals surface area contributed by atoms with E-state index in [1.54, 1.807) is 11.7 Å². The molecule has 5 nitrogen and oxygen atoms in total. The zero-order valence-corrected chi connectivity index (χ0v) is 10.5. The molecule has 0 radical (unpaired) electrons. The van der Waals surface area contributed by atoms with E-state index in [-0.39, 0.29) is 5.78 Å². The van der Waals surface area contributed by atoms with Crippen molar-refractivity contribution in [1.82, 2.24) is 14.8 Å². The number of aryl methyl sites for hydroxylation is 1. The van der Waals surface area contributed by atoms with Crippen LogP contribution in [-0.4, -0.2) is 32.8 Å². The number of hydrogen-bond donors (Lipinski definition) is 0. The molecule has 0 spiro atoms. The van der Waals surface area contributed by atoms with Crippen LogP contribution in [0, 0.1) is 0 Å². The van der Waals surface area contributed by atoms with Gasteiger partial charge in [0.15, 0.2) is 5.78 Å². The summed E-state index contributed by atoms with van der Waals surface area (Å²) in [6, 6.07) is 0. The van der Waals surface area contributed by atoms with Gasteiger partial charge in [0.2, 0.25) is 0 Å². The highest BCUT2D eigenvalue weighted by Crippen LogP contribution is 2.34. The van der Waals surface area contributed by atoms with Crippen molar-refractivity contribution in [3.63, 3.8) is 0 Å². The van der Waals surface area contributed by atoms with Gasteiger partial charge in [-0.1, -0.05) is 0 Å². The molecule has 1 aromatic heterocycles. The van der Waals surface area contributed by atoms with Gasteiger partial charge >= 0.3 is 0 Å². The van der Waals surface area contributed by atoms with E-state index in [2.05, 4.69) is 10.1 Å². The Kier molecular flexibility index (Phi) is 3.57. The van der Waals surface area contributed by atoms with E-state index in [4.69, 9.17) is 4.74 Å². The maximum absolute atomic E-state index is 12.4. The molecule has 0 N–H and O–H groups in total. The first-order chi connectivity index (χ1) is 8.18. The summed E-state index contributed by atoms with van der Waals surface area (Å²) in [4.78, 5) is 16.5. The Balaban J connectivity index is 2.10. The van der Waals surface area contributed by atoms with Crippen LogP contribution < -0.4 is 0 Å². The number of hydrogen-bond acceptors (Lipinski definition) is 4. The number of rotatable bonds is 5. The monoisotopic (exact) mass is 237 g/mol. The fourth-order valence-corrected chi connectivity index (χ4v) is 2.51. The van der Waals surface area contributed by atoms with E-state index < -0.39 is 5.60 Å². The topological polar surface area (TPSA) is 57.0 Å². The van der Waals surface area contributed by atoms with Crippen LogP contribution in [0.2, 0.25) is 0 Å². The van der Waals surface area contributed by atoms with Gasteiger partial charge in [0.1, 0.15) is 17.8 Å². The number of carbonyl (C=O) groups is 1. The minimum atomic E-state index is -0.555. The van der Waals surface area contributed by atoms with Gasteiger partial charge in [-0.3, -0.25) is 9.48 Å². The number of Topliss-reactive ketones (excluding diaryl/α,β-unsaturated/α-hetero) is 1. The van der Waals surface area contributed by atoms with Crippen molar-refractivity contribution in [2.24, 2.45) is 7.05 Å². The molecule has 0 bridgehead atoms. The van der Waals surface area contributed by atoms with Gasteiger partial charge in [0.05, 0.1) is 6.42 Å². The lowest BCUT2D eigenvalue weighted by atomic mass is 9.93. The summed E-state index contributed by atoms with van der Waals surface area (Å²) in [5.41, 5.74) is -0.555. The normalized spacial score (nSPS) is 18.5. The average molecular weight is 237 g/mol. The zero-order valence-electron chi connectivity index (χ0n) is 10.5. The fraction of sp³-hybridized carbons (Fsp3) is 0.750. The molecule has 17 heavy (non-hydrogen) atoms. The second kappa shape index (κ2) is 4.96. The molecular formula is C12H19N3O2. The van der Waals surface area contributed by atoms with Crippen LogP contribution in [0.1, 0.15) is 38.4 Å². The van der Waals surface area contributed by atoms with E-state index >= 15 is 0 Å². The maximum atomic E-state index is 12.4. The van der Waals surface area contributed by atoms with E-state index in [1.165, 1.54) is 6.33 Å². The molecular weight excluding hydrogens is 218 g/mol. The first kappa shape index (κ1) is 12.2. The number of ether oxygens (including phenoxy) is 1. The van der Waals surface area contributed by atoms with Gasteiger partial charge in [-0.2, -0.15) is 5.10 Å². The number of aromatic nitrogens is 3. The van der Waals surface area contributed by atoms with Crippen LogP contribution in [0.4, 0.5) is 0 Å². The van der Waals surface area contributed by atoms with Gasteiger partial charge < -0.3 is 4.74 Å². The predicted molar refractivity (Wildman–Crippen MR) is 62.5 cm³/mol. The highest BCUT2D eigenvalue weighted by Gasteiger charge is 2.41. The van der Waals surface area contributed by atoms with Gasteiger partial charge in [-0.15, -0.1) is 0 Å². The van der Waals surface area contributed by atoms with Crippen LogP contribution in [0.5, 0.6) is 0 Å². The largest absolute Gasteiger partial charge is 0.367 e. The van der Waals surface area contributed by atoms with Crippen LogP contribution in [-0.2, 0) is 23.0 Å². The summed E-state index contributed by atoms with van der Waals surface area (Å²) in [6.45, 7) is 2.53. The molecule has 0 atom stereocenters.